The number of nitrogens with two attached hydrogens (primary N) is 1. The minimum Gasteiger partial charge on any atom is -0.382 e. The highest BCUT2D eigenvalue weighted by Gasteiger charge is 2.20. The van der Waals surface area contributed by atoms with E-state index in [1.165, 1.54) is 30.5 Å². The van der Waals surface area contributed by atoms with Gasteiger partial charge in [-0.25, -0.2) is 22.8 Å². The molecule has 4 aromatic rings. The van der Waals surface area contributed by atoms with Gasteiger partial charge in [-0.1, -0.05) is 17.3 Å². The average Bonchev–Trinajstić information content (AvgIpc) is 3.34. The molecule has 9 nitrogen and oxygen atoms in total. The summed E-state index contributed by atoms with van der Waals surface area (Å²) < 4.78 is 44.9. The lowest BCUT2D eigenvalue weighted by Crippen LogP contribution is -2.24. The molecule has 4 N–H and O–H groups in total. The van der Waals surface area contributed by atoms with Crippen molar-refractivity contribution in [2.24, 2.45) is 0 Å². The first kappa shape index (κ1) is 25.2. The molecule has 186 valence electrons. The molecule has 0 aliphatic carbocycles. The zero-order chi connectivity index (χ0) is 26.0. The summed E-state index contributed by atoms with van der Waals surface area (Å²) in [6.07, 6.45) is 1.48. The van der Waals surface area contributed by atoms with E-state index in [-0.39, 0.29) is 33.4 Å². The Kier molecular flexibility index (Phi) is 7.00. The molecule has 2 aromatic heterocycles. The minimum atomic E-state index is -3.39. The summed E-state index contributed by atoms with van der Waals surface area (Å²) in [4.78, 5) is 8.94. The molecule has 0 aliphatic heterocycles. The normalized spacial score (nSPS) is 11.5. The van der Waals surface area contributed by atoms with E-state index < -0.39 is 20.9 Å². The van der Waals surface area contributed by atoms with E-state index in [0.29, 0.717) is 22.1 Å². The Morgan fingerprint density at radius 3 is 2.47 bits per heavy atom. The van der Waals surface area contributed by atoms with Gasteiger partial charge in [-0.05, 0) is 56.4 Å². The summed E-state index contributed by atoms with van der Waals surface area (Å²) in [6, 6.07) is 12.4. The van der Waals surface area contributed by atoms with Gasteiger partial charge >= 0.3 is 0 Å². The summed E-state index contributed by atoms with van der Waals surface area (Å²) in [5, 5.41) is 9.40. The predicted octanol–water partition coefficient (Wildman–Crippen LogP) is 4.29. The molecule has 0 unspecified atom stereocenters. The Labute approximate surface area is 212 Å². The Morgan fingerprint density at radius 1 is 1.11 bits per heavy atom. The largest absolute Gasteiger partial charge is 0.382 e. The van der Waals surface area contributed by atoms with Gasteiger partial charge < -0.3 is 20.9 Å². The Morgan fingerprint density at radius 2 is 1.83 bits per heavy atom. The van der Waals surface area contributed by atoms with E-state index in [1.54, 1.807) is 45.2 Å². The molecule has 4 rings (SSSR count). The molecular weight excluding hydrogens is 503 g/mol. The lowest BCUT2D eigenvalue weighted by atomic mass is 10.1. The smallest absolute Gasteiger partial charge is 0.189 e. The molecule has 2 heterocycles. The van der Waals surface area contributed by atoms with Crippen molar-refractivity contribution in [3.8, 4) is 34.0 Å². The van der Waals surface area contributed by atoms with E-state index in [0.717, 1.165) is 0 Å². The molecule has 0 aliphatic rings. The van der Waals surface area contributed by atoms with Crippen molar-refractivity contribution in [2.45, 2.75) is 24.0 Å². The first-order valence-electron chi connectivity index (χ1n) is 10.8. The molecule has 0 radical (unpaired) electrons. The minimum absolute atomic E-state index is 0.0982. The Balaban J connectivity index is 1.63. The van der Waals surface area contributed by atoms with Crippen molar-refractivity contribution in [3.63, 3.8) is 0 Å². The van der Waals surface area contributed by atoms with Crippen LogP contribution in [0.15, 0.2) is 64.1 Å². The van der Waals surface area contributed by atoms with Gasteiger partial charge in [0, 0.05) is 29.9 Å². The molecule has 0 atom stereocenters. The van der Waals surface area contributed by atoms with Gasteiger partial charge in [0.25, 0.3) is 0 Å². The zero-order valence-electron chi connectivity index (χ0n) is 19.6. The van der Waals surface area contributed by atoms with Gasteiger partial charge in [0.1, 0.15) is 11.5 Å². The highest BCUT2D eigenvalue weighted by molar-refractivity contribution is 7.92. The highest BCUT2D eigenvalue weighted by atomic mass is 32.2. The van der Waals surface area contributed by atoms with Gasteiger partial charge in [-0.2, -0.15) is 0 Å². The van der Waals surface area contributed by atoms with Crippen molar-refractivity contribution in [2.75, 3.05) is 18.1 Å². The van der Waals surface area contributed by atoms with Crippen molar-refractivity contribution >= 4 is 38.7 Å². The van der Waals surface area contributed by atoms with Crippen molar-refractivity contribution in [3.05, 3.63) is 60.5 Å². The number of benzene rings is 2. The summed E-state index contributed by atoms with van der Waals surface area (Å²) in [6.45, 7) is 3.26. The van der Waals surface area contributed by atoms with Crippen LogP contribution in [-0.4, -0.2) is 41.0 Å². The van der Waals surface area contributed by atoms with Crippen LogP contribution in [0.5, 0.6) is 0 Å². The molecule has 12 heteroatoms. The monoisotopic (exact) mass is 526 g/mol. The van der Waals surface area contributed by atoms with Gasteiger partial charge in [-0.15, -0.1) is 0 Å². The van der Waals surface area contributed by atoms with Crippen molar-refractivity contribution in [1.82, 2.24) is 20.4 Å². The van der Waals surface area contributed by atoms with E-state index in [4.69, 9.17) is 22.5 Å². The average molecular weight is 527 g/mol. The van der Waals surface area contributed by atoms with Crippen LogP contribution in [0.2, 0.25) is 0 Å². The number of rotatable bonds is 6. The highest BCUT2D eigenvalue weighted by Crippen LogP contribution is 2.31. The van der Waals surface area contributed by atoms with E-state index in [1.807, 2.05) is 0 Å². The van der Waals surface area contributed by atoms with Gasteiger partial charge in [0.2, 0.25) is 0 Å². The number of nitrogens with zero attached hydrogens (tertiary/aromatic N) is 3. The Bertz CT molecular complexity index is 1540. The van der Waals surface area contributed by atoms with Crippen LogP contribution in [0.3, 0.4) is 0 Å². The first-order chi connectivity index (χ1) is 17.1. The Hall–Kier alpha value is -3.90. The van der Waals surface area contributed by atoms with Crippen LogP contribution in [0.1, 0.15) is 13.8 Å². The summed E-state index contributed by atoms with van der Waals surface area (Å²) in [5.41, 5.74) is 8.29. The molecule has 36 heavy (non-hydrogen) atoms. The number of aromatic nitrogens is 3. The summed E-state index contributed by atoms with van der Waals surface area (Å²) >= 11 is 5.03. The van der Waals surface area contributed by atoms with Crippen LogP contribution >= 0.6 is 12.2 Å². The lowest BCUT2D eigenvalue weighted by molar-refractivity contribution is 0.433. The fraction of sp³-hybridized carbons (Fsp3) is 0.167. The third-order valence-electron chi connectivity index (χ3n) is 5.37. The first-order valence-corrected chi connectivity index (χ1v) is 12.8. The summed E-state index contributed by atoms with van der Waals surface area (Å²) in [7, 11) is -1.73. The lowest BCUT2D eigenvalue weighted by Gasteiger charge is -2.09. The zero-order valence-corrected chi connectivity index (χ0v) is 21.2. The molecule has 0 bridgehead atoms. The summed E-state index contributed by atoms with van der Waals surface area (Å²) in [5.74, 6) is -0.224. The number of hydrogen-bond donors (Lipinski definition) is 3. The molecule has 0 saturated heterocycles. The fourth-order valence-corrected chi connectivity index (χ4v) is 4.49. The number of nitrogen functional groups attached to an aromatic ring is 1. The van der Waals surface area contributed by atoms with Crippen molar-refractivity contribution in [1.29, 1.82) is 0 Å². The SMILES string of the molecule is CNC(=S)Nc1ccc(-c2cc(-c3nc(-c4ccc(S(=O)(=O)C(C)C)cc4)cnc3N)on2)c(F)c1. The van der Waals surface area contributed by atoms with E-state index in [9.17, 15) is 12.8 Å². The second kappa shape index (κ2) is 9.99. The van der Waals surface area contributed by atoms with Crippen LogP contribution in [0.25, 0.3) is 34.0 Å². The van der Waals surface area contributed by atoms with Crippen LogP contribution in [0.4, 0.5) is 15.9 Å². The van der Waals surface area contributed by atoms with Gasteiger partial charge in [0.05, 0.1) is 22.0 Å². The maximum atomic E-state index is 14.8. The molecule has 2 aromatic carbocycles. The van der Waals surface area contributed by atoms with Crippen molar-refractivity contribution < 1.29 is 17.3 Å². The molecule has 0 fully saturated rings. The maximum Gasteiger partial charge on any atom is 0.189 e. The molecule has 0 saturated carbocycles. The fourth-order valence-electron chi connectivity index (χ4n) is 3.31. The maximum absolute atomic E-state index is 14.8. The van der Waals surface area contributed by atoms with Crippen LogP contribution in [0, 0.1) is 5.82 Å². The third kappa shape index (κ3) is 5.04. The van der Waals surface area contributed by atoms with Gasteiger partial charge in [0.15, 0.2) is 32.2 Å². The standard InChI is InChI=1S/C24H23FN6O3S2/c1-13(2)36(32,33)16-7-4-14(5-8-16)20-12-28-23(26)22(30-20)21-11-19(31-34-21)17-9-6-15(10-18(17)25)29-24(35)27-3/h4-13H,1-3H3,(H2,26,28)(H2,27,29,35). The van der Waals surface area contributed by atoms with Crippen LogP contribution in [-0.2, 0) is 9.84 Å². The number of sulfone groups is 1. The number of thiocarbonyl (C=S) groups is 1. The van der Waals surface area contributed by atoms with E-state index in [2.05, 4.69) is 25.8 Å². The molecule has 0 spiro atoms. The number of hydrogen-bond acceptors (Lipinski definition) is 8. The number of nitrogens with one attached hydrogen (secondary N) is 2. The second-order valence-electron chi connectivity index (χ2n) is 8.08. The molecule has 0 amide bonds. The second-order valence-corrected chi connectivity index (χ2v) is 11.0. The number of halogens is 1. The quantitative estimate of drug-likeness (QED) is 0.312. The predicted molar refractivity (Wildman–Crippen MR) is 140 cm³/mol. The van der Waals surface area contributed by atoms with E-state index >= 15 is 0 Å². The molecular formula is C24H23FN6O3S2. The van der Waals surface area contributed by atoms with Gasteiger partial charge in [-0.3, -0.25) is 0 Å². The topological polar surface area (TPSA) is 136 Å². The third-order valence-corrected chi connectivity index (χ3v) is 7.85. The number of anilines is 2. The van der Waals surface area contributed by atoms with Crippen LogP contribution < -0.4 is 16.4 Å².